The first kappa shape index (κ1) is 14.6. The third-order valence-electron chi connectivity index (χ3n) is 2.96. The van der Waals surface area contributed by atoms with Gasteiger partial charge in [-0.3, -0.25) is 4.79 Å². The average Bonchev–Trinajstić information content (AvgIpc) is 2.17. The van der Waals surface area contributed by atoms with E-state index in [0.29, 0.717) is 18.3 Å². The van der Waals surface area contributed by atoms with Crippen molar-refractivity contribution in [2.45, 2.75) is 54.1 Å². The van der Waals surface area contributed by atoms with Gasteiger partial charge in [-0.05, 0) is 19.3 Å². The number of hydrogen-bond donors (Lipinski definition) is 0. The fourth-order valence-corrected chi connectivity index (χ4v) is 1.33. The Morgan fingerprint density at radius 3 is 2.00 bits per heavy atom. The fraction of sp³-hybridized carbons (Fsp3) is 0.923. The van der Waals surface area contributed by atoms with Crippen molar-refractivity contribution in [3.05, 3.63) is 0 Å². The first-order valence-corrected chi connectivity index (χ1v) is 6.05. The van der Waals surface area contributed by atoms with Crippen molar-refractivity contribution < 1.29 is 9.53 Å². The van der Waals surface area contributed by atoms with Gasteiger partial charge in [0, 0.05) is 11.8 Å². The summed E-state index contributed by atoms with van der Waals surface area (Å²) in [6, 6.07) is 0. The van der Waals surface area contributed by atoms with Gasteiger partial charge in [-0.2, -0.15) is 0 Å². The number of Topliss-reactive ketones (excluding diaryl/α,β-unsaturated/α-hetero) is 1. The molecule has 0 rings (SSSR count). The SMILES string of the molecule is CCC(COC(C)C(C)C)C(=O)C(C)C. The maximum absolute atomic E-state index is 11.8. The van der Waals surface area contributed by atoms with Crippen LogP contribution < -0.4 is 0 Å². The molecule has 0 aliphatic rings. The highest BCUT2D eigenvalue weighted by molar-refractivity contribution is 5.82. The minimum atomic E-state index is 0.0752. The highest BCUT2D eigenvalue weighted by atomic mass is 16.5. The van der Waals surface area contributed by atoms with Crippen molar-refractivity contribution in [2.75, 3.05) is 6.61 Å². The molecule has 0 aromatic rings. The molecule has 0 bridgehead atoms. The Balaban J connectivity index is 4.06. The molecule has 0 saturated carbocycles. The molecule has 0 spiro atoms. The van der Waals surface area contributed by atoms with E-state index in [4.69, 9.17) is 4.74 Å². The van der Waals surface area contributed by atoms with Crippen molar-refractivity contribution in [1.29, 1.82) is 0 Å². The van der Waals surface area contributed by atoms with E-state index >= 15 is 0 Å². The second-order valence-corrected chi connectivity index (χ2v) is 4.94. The maximum Gasteiger partial charge on any atom is 0.140 e. The summed E-state index contributed by atoms with van der Waals surface area (Å²) in [5.74, 6) is 1.03. The van der Waals surface area contributed by atoms with Gasteiger partial charge in [0.25, 0.3) is 0 Å². The monoisotopic (exact) mass is 214 g/mol. The Kier molecular flexibility index (Phi) is 6.82. The number of carbonyl (C=O) groups is 1. The smallest absolute Gasteiger partial charge is 0.140 e. The molecule has 2 atom stereocenters. The quantitative estimate of drug-likeness (QED) is 0.650. The molecule has 0 radical (unpaired) electrons. The summed E-state index contributed by atoms with van der Waals surface area (Å²) >= 11 is 0. The molecule has 2 unspecified atom stereocenters. The Morgan fingerprint density at radius 1 is 1.13 bits per heavy atom. The van der Waals surface area contributed by atoms with E-state index in [1.807, 2.05) is 20.8 Å². The number of hydrogen-bond acceptors (Lipinski definition) is 2. The van der Waals surface area contributed by atoms with E-state index in [1.165, 1.54) is 0 Å². The van der Waals surface area contributed by atoms with E-state index in [9.17, 15) is 4.79 Å². The lowest BCUT2D eigenvalue weighted by molar-refractivity contribution is -0.129. The van der Waals surface area contributed by atoms with Gasteiger partial charge in [0.2, 0.25) is 0 Å². The predicted molar refractivity (Wildman–Crippen MR) is 63.9 cm³/mol. The molecule has 90 valence electrons. The highest BCUT2D eigenvalue weighted by Crippen LogP contribution is 2.14. The van der Waals surface area contributed by atoms with Gasteiger partial charge in [0.1, 0.15) is 5.78 Å². The van der Waals surface area contributed by atoms with E-state index in [1.54, 1.807) is 0 Å². The third-order valence-corrected chi connectivity index (χ3v) is 2.96. The highest BCUT2D eigenvalue weighted by Gasteiger charge is 2.20. The van der Waals surface area contributed by atoms with Gasteiger partial charge in [-0.15, -0.1) is 0 Å². The van der Waals surface area contributed by atoms with E-state index < -0.39 is 0 Å². The van der Waals surface area contributed by atoms with Crippen LogP contribution in [0.5, 0.6) is 0 Å². The molecule has 0 heterocycles. The summed E-state index contributed by atoms with van der Waals surface area (Å²) in [7, 11) is 0. The number of ether oxygens (including phenoxy) is 1. The minimum absolute atomic E-state index is 0.0752. The summed E-state index contributed by atoms with van der Waals surface area (Å²) < 4.78 is 5.71. The third kappa shape index (κ3) is 5.31. The van der Waals surface area contributed by atoms with Gasteiger partial charge in [0.15, 0.2) is 0 Å². The van der Waals surface area contributed by atoms with Crippen molar-refractivity contribution in [3.63, 3.8) is 0 Å². The Morgan fingerprint density at radius 2 is 1.67 bits per heavy atom. The standard InChI is InChI=1S/C13H26O2/c1-7-12(13(14)10(4)5)8-15-11(6)9(2)3/h9-12H,7-8H2,1-6H3. The molecule has 0 saturated heterocycles. The summed E-state index contributed by atoms with van der Waals surface area (Å²) in [4.78, 5) is 11.8. The van der Waals surface area contributed by atoms with Crippen molar-refractivity contribution in [1.82, 2.24) is 0 Å². The van der Waals surface area contributed by atoms with Gasteiger partial charge < -0.3 is 4.74 Å². The minimum Gasteiger partial charge on any atom is -0.377 e. The maximum atomic E-state index is 11.8. The molecule has 2 heteroatoms. The summed E-state index contributed by atoms with van der Waals surface area (Å²) in [6.45, 7) is 12.9. The zero-order valence-corrected chi connectivity index (χ0v) is 11.0. The van der Waals surface area contributed by atoms with Crippen LogP contribution in [0.4, 0.5) is 0 Å². The molecule has 0 amide bonds. The van der Waals surface area contributed by atoms with Crippen LogP contribution in [0.1, 0.15) is 48.0 Å². The first-order valence-electron chi connectivity index (χ1n) is 6.05. The Bertz CT molecular complexity index is 185. The lowest BCUT2D eigenvalue weighted by atomic mass is 9.94. The average molecular weight is 214 g/mol. The van der Waals surface area contributed by atoms with Gasteiger partial charge in [-0.1, -0.05) is 34.6 Å². The van der Waals surface area contributed by atoms with Crippen LogP contribution in [0.2, 0.25) is 0 Å². The molecule has 0 aromatic heterocycles. The zero-order valence-electron chi connectivity index (χ0n) is 11.0. The van der Waals surface area contributed by atoms with Crippen LogP contribution in [-0.4, -0.2) is 18.5 Å². The van der Waals surface area contributed by atoms with Crippen LogP contribution in [0.25, 0.3) is 0 Å². The van der Waals surface area contributed by atoms with E-state index in [-0.39, 0.29) is 17.9 Å². The molecule has 15 heavy (non-hydrogen) atoms. The van der Waals surface area contributed by atoms with Crippen LogP contribution in [0.3, 0.4) is 0 Å². The Hall–Kier alpha value is -0.370. The number of carbonyl (C=O) groups excluding carboxylic acids is 1. The van der Waals surface area contributed by atoms with Crippen LogP contribution in [0.15, 0.2) is 0 Å². The van der Waals surface area contributed by atoms with Gasteiger partial charge >= 0.3 is 0 Å². The molecular weight excluding hydrogens is 188 g/mol. The summed E-state index contributed by atoms with van der Waals surface area (Å²) in [5, 5.41) is 0. The topological polar surface area (TPSA) is 26.3 Å². The molecule has 0 aliphatic carbocycles. The molecule has 0 N–H and O–H groups in total. The number of ketones is 1. The van der Waals surface area contributed by atoms with Crippen LogP contribution in [-0.2, 0) is 9.53 Å². The summed E-state index contributed by atoms with van der Waals surface area (Å²) in [5.41, 5.74) is 0. The van der Waals surface area contributed by atoms with Crippen molar-refractivity contribution in [2.24, 2.45) is 17.8 Å². The fourth-order valence-electron chi connectivity index (χ4n) is 1.33. The molecular formula is C13H26O2. The molecule has 0 fully saturated rings. The molecule has 0 aliphatic heterocycles. The van der Waals surface area contributed by atoms with Crippen molar-refractivity contribution in [3.8, 4) is 0 Å². The lowest BCUT2D eigenvalue weighted by Crippen LogP contribution is -2.27. The van der Waals surface area contributed by atoms with E-state index in [0.717, 1.165) is 6.42 Å². The van der Waals surface area contributed by atoms with E-state index in [2.05, 4.69) is 20.8 Å². The number of rotatable bonds is 7. The van der Waals surface area contributed by atoms with Crippen LogP contribution in [0, 0.1) is 17.8 Å². The predicted octanol–water partition coefficient (Wildman–Crippen LogP) is 3.30. The lowest BCUT2D eigenvalue weighted by Gasteiger charge is -2.21. The largest absolute Gasteiger partial charge is 0.377 e. The normalized spacial score (nSPS) is 15.7. The first-order chi connectivity index (χ1) is 6.90. The second-order valence-electron chi connectivity index (χ2n) is 4.94. The van der Waals surface area contributed by atoms with Gasteiger partial charge in [0.05, 0.1) is 12.7 Å². The van der Waals surface area contributed by atoms with Crippen LogP contribution >= 0.6 is 0 Å². The second kappa shape index (κ2) is 7.00. The van der Waals surface area contributed by atoms with Crippen molar-refractivity contribution >= 4 is 5.78 Å². The van der Waals surface area contributed by atoms with Gasteiger partial charge in [-0.25, -0.2) is 0 Å². The zero-order chi connectivity index (χ0) is 12.0. The Labute approximate surface area is 94.4 Å². The molecule has 2 nitrogen and oxygen atoms in total. The summed E-state index contributed by atoms with van der Waals surface area (Å²) in [6.07, 6.45) is 1.11. The molecule has 0 aromatic carbocycles.